The third-order valence-electron chi connectivity index (χ3n) is 4.53. The number of carbonyl (C=O) groups excluding carboxylic acids is 1. The molecule has 2 aromatic rings. The topological polar surface area (TPSA) is 88.4 Å². The smallest absolute Gasteiger partial charge is 0.287 e. The Morgan fingerprint density at radius 1 is 1.08 bits per heavy atom. The summed E-state index contributed by atoms with van der Waals surface area (Å²) in [7, 11) is 0. The van der Waals surface area contributed by atoms with Crippen LogP contribution >= 0.6 is 0 Å². The Kier molecular flexibility index (Phi) is 5.78. The molecule has 0 bridgehead atoms. The lowest BCUT2D eigenvalue weighted by Crippen LogP contribution is -2.31. The number of amides is 1. The fourth-order valence-corrected chi connectivity index (χ4v) is 3.01. The van der Waals surface area contributed by atoms with Crippen LogP contribution in [0.25, 0.3) is 0 Å². The van der Waals surface area contributed by atoms with Gasteiger partial charge in [0.2, 0.25) is 0 Å². The van der Waals surface area contributed by atoms with Gasteiger partial charge in [0.15, 0.2) is 0 Å². The van der Waals surface area contributed by atoms with Crippen LogP contribution in [0.4, 0.5) is 11.5 Å². The average molecular weight is 354 g/mol. The van der Waals surface area contributed by atoms with Crippen LogP contribution in [0.3, 0.4) is 0 Å². The summed E-state index contributed by atoms with van der Waals surface area (Å²) in [5.41, 5.74) is 1.69. The van der Waals surface area contributed by atoms with Gasteiger partial charge in [-0.15, -0.1) is 0 Å². The number of likely N-dealkylation sites (tertiary alicyclic amines) is 1. The first-order chi connectivity index (χ1) is 12.6. The number of aromatic nitrogens is 1. The van der Waals surface area contributed by atoms with Gasteiger partial charge in [-0.25, -0.2) is 4.98 Å². The maximum atomic E-state index is 12.6. The number of nitro groups is 1. The summed E-state index contributed by atoms with van der Waals surface area (Å²) in [6.07, 6.45) is 5.79. The van der Waals surface area contributed by atoms with Crippen molar-refractivity contribution in [3.63, 3.8) is 0 Å². The monoisotopic (exact) mass is 354 g/mol. The minimum Gasteiger partial charge on any atom is -0.366 e. The molecule has 0 saturated carbocycles. The summed E-state index contributed by atoms with van der Waals surface area (Å²) in [5.74, 6) is 0.670. The first-order valence-electron chi connectivity index (χ1n) is 8.86. The van der Waals surface area contributed by atoms with Crippen molar-refractivity contribution in [2.75, 3.05) is 18.4 Å². The number of hydrogen-bond donors (Lipinski definition) is 1. The lowest BCUT2D eigenvalue weighted by Gasteiger charge is -2.20. The molecule has 136 valence electrons. The van der Waals surface area contributed by atoms with Crippen molar-refractivity contribution in [2.24, 2.45) is 0 Å². The van der Waals surface area contributed by atoms with E-state index in [9.17, 15) is 14.9 Å². The number of nitrogens with zero attached hydrogens (tertiary/aromatic N) is 3. The van der Waals surface area contributed by atoms with Crippen LogP contribution in [0, 0.1) is 10.1 Å². The van der Waals surface area contributed by atoms with Gasteiger partial charge in [-0.3, -0.25) is 14.9 Å². The molecule has 7 heteroatoms. The Hall–Kier alpha value is -2.96. The minimum atomic E-state index is -0.475. The van der Waals surface area contributed by atoms with Crippen molar-refractivity contribution in [3.05, 3.63) is 63.8 Å². The first-order valence-corrected chi connectivity index (χ1v) is 8.86. The fraction of sp³-hybridized carbons (Fsp3) is 0.368. The summed E-state index contributed by atoms with van der Waals surface area (Å²) in [6, 6.07) is 10.5. The minimum absolute atomic E-state index is 0.0353. The Bertz CT molecular complexity index is 751. The molecule has 1 aliphatic rings. The summed E-state index contributed by atoms with van der Waals surface area (Å²) >= 11 is 0. The number of nitrogens with one attached hydrogen (secondary N) is 1. The maximum Gasteiger partial charge on any atom is 0.287 e. The number of pyridine rings is 1. The maximum absolute atomic E-state index is 12.6. The van der Waals surface area contributed by atoms with Crippen molar-refractivity contribution in [1.82, 2.24) is 9.88 Å². The van der Waals surface area contributed by atoms with Gasteiger partial charge in [0, 0.05) is 31.3 Å². The molecular weight excluding hydrogens is 332 g/mol. The van der Waals surface area contributed by atoms with Crippen LogP contribution in [0.2, 0.25) is 0 Å². The molecule has 3 rings (SSSR count). The number of benzene rings is 1. The Labute approximate surface area is 152 Å². The second-order valence-corrected chi connectivity index (χ2v) is 6.42. The van der Waals surface area contributed by atoms with Crippen molar-refractivity contribution >= 4 is 17.4 Å². The van der Waals surface area contributed by atoms with Gasteiger partial charge >= 0.3 is 0 Å². The van der Waals surface area contributed by atoms with Crippen molar-refractivity contribution in [2.45, 2.75) is 32.2 Å². The molecule has 1 aliphatic heterocycles. The van der Waals surface area contributed by atoms with E-state index in [1.807, 2.05) is 29.2 Å². The quantitative estimate of drug-likeness (QED) is 0.654. The zero-order chi connectivity index (χ0) is 18.4. The lowest BCUT2D eigenvalue weighted by atomic mass is 10.1. The highest BCUT2D eigenvalue weighted by molar-refractivity contribution is 5.94. The Morgan fingerprint density at radius 3 is 2.35 bits per heavy atom. The predicted octanol–water partition coefficient (Wildman–Crippen LogP) is 3.62. The molecule has 1 amide bonds. The largest absolute Gasteiger partial charge is 0.366 e. The van der Waals surface area contributed by atoms with Crippen molar-refractivity contribution in [1.29, 1.82) is 0 Å². The van der Waals surface area contributed by atoms with Crippen LogP contribution in [-0.4, -0.2) is 33.8 Å². The Morgan fingerprint density at radius 2 is 1.77 bits per heavy atom. The number of hydrogen-bond acceptors (Lipinski definition) is 5. The summed E-state index contributed by atoms with van der Waals surface area (Å²) in [4.78, 5) is 28.7. The number of anilines is 1. The molecule has 7 nitrogen and oxygen atoms in total. The van der Waals surface area contributed by atoms with E-state index in [2.05, 4.69) is 10.3 Å². The zero-order valence-corrected chi connectivity index (χ0v) is 14.6. The van der Waals surface area contributed by atoms with Crippen LogP contribution in [-0.2, 0) is 6.54 Å². The summed E-state index contributed by atoms with van der Waals surface area (Å²) in [6.45, 7) is 2.21. The van der Waals surface area contributed by atoms with Crippen LogP contribution in [0.5, 0.6) is 0 Å². The molecule has 0 spiro atoms. The second kappa shape index (κ2) is 8.42. The van der Waals surface area contributed by atoms with Gasteiger partial charge in [0.1, 0.15) is 12.0 Å². The highest BCUT2D eigenvalue weighted by atomic mass is 16.6. The lowest BCUT2D eigenvalue weighted by molar-refractivity contribution is -0.385. The molecule has 2 heterocycles. The summed E-state index contributed by atoms with van der Waals surface area (Å²) in [5, 5.41) is 13.7. The van der Waals surface area contributed by atoms with E-state index in [0.717, 1.165) is 31.5 Å². The third-order valence-corrected chi connectivity index (χ3v) is 4.53. The molecule has 26 heavy (non-hydrogen) atoms. The van der Waals surface area contributed by atoms with E-state index in [-0.39, 0.29) is 11.6 Å². The predicted molar refractivity (Wildman–Crippen MR) is 99.0 cm³/mol. The summed E-state index contributed by atoms with van der Waals surface area (Å²) < 4.78 is 0. The molecule has 0 radical (unpaired) electrons. The van der Waals surface area contributed by atoms with E-state index in [1.54, 1.807) is 6.07 Å². The molecule has 1 fully saturated rings. The first kappa shape index (κ1) is 17.8. The highest BCUT2D eigenvalue weighted by Gasteiger charge is 2.17. The standard InChI is InChI=1S/C19H22N4O3/c24-19(22-11-3-1-2-4-12-22)16-7-5-15(6-8-16)13-20-18-10-9-17(14-21-18)23(25)26/h5-10,14H,1-4,11-13H2,(H,20,21). The van der Waals surface area contributed by atoms with Gasteiger partial charge < -0.3 is 10.2 Å². The van der Waals surface area contributed by atoms with Gasteiger partial charge in [0.05, 0.1) is 4.92 Å². The molecular formula is C19H22N4O3. The van der Waals surface area contributed by atoms with Gasteiger partial charge in [0.25, 0.3) is 11.6 Å². The second-order valence-electron chi connectivity index (χ2n) is 6.42. The van der Waals surface area contributed by atoms with Gasteiger partial charge in [-0.1, -0.05) is 25.0 Å². The number of carbonyl (C=O) groups is 1. The van der Waals surface area contributed by atoms with E-state index in [1.165, 1.54) is 25.1 Å². The fourth-order valence-electron chi connectivity index (χ4n) is 3.01. The average Bonchev–Trinajstić information content (AvgIpc) is 2.96. The van der Waals surface area contributed by atoms with E-state index < -0.39 is 4.92 Å². The molecule has 0 unspecified atom stereocenters. The van der Waals surface area contributed by atoms with E-state index in [0.29, 0.717) is 17.9 Å². The Balaban J connectivity index is 1.57. The van der Waals surface area contributed by atoms with Crippen LogP contribution < -0.4 is 5.32 Å². The highest BCUT2D eigenvalue weighted by Crippen LogP contribution is 2.15. The molecule has 1 saturated heterocycles. The van der Waals surface area contributed by atoms with E-state index >= 15 is 0 Å². The molecule has 0 atom stereocenters. The van der Waals surface area contributed by atoms with Gasteiger partial charge in [-0.2, -0.15) is 0 Å². The molecule has 1 aromatic heterocycles. The van der Waals surface area contributed by atoms with Crippen molar-refractivity contribution in [3.8, 4) is 0 Å². The third kappa shape index (κ3) is 4.56. The molecule has 1 N–H and O–H groups in total. The molecule has 1 aromatic carbocycles. The molecule has 0 aliphatic carbocycles. The van der Waals surface area contributed by atoms with Crippen LogP contribution in [0.1, 0.15) is 41.6 Å². The van der Waals surface area contributed by atoms with Crippen molar-refractivity contribution < 1.29 is 9.72 Å². The van der Waals surface area contributed by atoms with E-state index in [4.69, 9.17) is 0 Å². The number of rotatable bonds is 5. The van der Waals surface area contributed by atoms with Crippen LogP contribution in [0.15, 0.2) is 42.6 Å². The van der Waals surface area contributed by atoms with Gasteiger partial charge in [-0.05, 0) is 36.6 Å². The SMILES string of the molecule is O=C(c1ccc(CNc2ccc([N+](=O)[O-])cn2)cc1)N1CCCCCC1. The zero-order valence-electron chi connectivity index (χ0n) is 14.6. The normalized spacial score (nSPS) is 14.5.